The van der Waals surface area contributed by atoms with E-state index < -0.39 is 0 Å². The average Bonchev–Trinajstić information content (AvgIpc) is 3.05. The highest BCUT2D eigenvalue weighted by atomic mass is 19.1. The summed E-state index contributed by atoms with van der Waals surface area (Å²) in [6.07, 6.45) is 2.29. The number of hydrogen-bond acceptors (Lipinski definition) is 5. The minimum atomic E-state index is -0.179. The maximum atomic E-state index is 13.1. The smallest absolute Gasteiger partial charge is 0.146 e. The van der Waals surface area contributed by atoms with Crippen LogP contribution in [0.4, 0.5) is 4.39 Å². The van der Waals surface area contributed by atoms with Crippen LogP contribution in [0, 0.1) is 5.82 Å². The van der Waals surface area contributed by atoms with E-state index in [1.54, 1.807) is 0 Å². The highest BCUT2D eigenvalue weighted by Crippen LogP contribution is 2.27. The van der Waals surface area contributed by atoms with Crippen molar-refractivity contribution in [2.24, 2.45) is 7.05 Å². The van der Waals surface area contributed by atoms with E-state index in [-0.39, 0.29) is 5.82 Å². The molecule has 1 aromatic heterocycles. The lowest BCUT2D eigenvalue weighted by atomic mass is 9.96. The number of likely N-dealkylation sites (tertiary alicyclic amines) is 1. The highest BCUT2D eigenvalue weighted by Gasteiger charge is 2.26. The van der Waals surface area contributed by atoms with Crippen molar-refractivity contribution in [2.45, 2.75) is 31.8 Å². The van der Waals surface area contributed by atoms with Gasteiger partial charge in [0.05, 0.1) is 19.8 Å². The molecule has 0 radical (unpaired) electrons. The Morgan fingerprint density at radius 2 is 1.81 bits per heavy atom. The molecule has 0 amide bonds. The third-order valence-corrected chi connectivity index (χ3v) is 5.66. The third kappa shape index (κ3) is 4.54. The Morgan fingerprint density at radius 3 is 2.59 bits per heavy atom. The molecular weight excluding hydrogens is 345 g/mol. The zero-order valence-corrected chi connectivity index (χ0v) is 16.0. The number of halogens is 1. The van der Waals surface area contributed by atoms with Gasteiger partial charge in [0.1, 0.15) is 17.5 Å². The van der Waals surface area contributed by atoms with E-state index in [9.17, 15) is 4.39 Å². The van der Waals surface area contributed by atoms with Gasteiger partial charge < -0.3 is 9.30 Å². The predicted octanol–water partition coefficient (Wildman–Crippen LogP) is 2.17. The number of nitrogens with zero attached hydrogens (tertiary/aromatic N) is 5. The van der Waals surface area contributed by atoms with Gasteiger partial charge in [-0.05, 0) is 37.1 Å². The number of benzene rings is 1. The molecule has 2 aliphatic rings. The van der Waals surface area contributed by atoms with Crippen molar-refractivity contribution in [3.63, 3.8) is 0 Å². The minimum Gasteiger partial charge on any atom is -0.379 e. The first kappa shape index (κ1) is 18.5. The Kier molecular flexibility index (Phi) is 5.80. The van der Waals surface area contributed by atoms with Gasteiger partial charge in [-0.3, -0.25) is 9.80 Å². The molecule has 0 aliphatic carbocycles. The molecular formula is C20H28FN5O. The Labute approximate surface area is 159 Å². The van der Waals surface area contributed by atoms with Gasteiger partial charge in [0.15, 0.2) is 0 Å². The molecule has 0 N–H and O–H groups in total. The molecule has 2 saturated heterocycles. The van der Waals surface area contributed by atoms with Crippen LogP contribution in [0.2, 0.25) is 0 Å². The molecule has 6 nitrogen and oxygen atoms in total. The van der Waals surface area contributed by atoms with E-state index in [1.807, 2.05) is 12.1 Å². The Morgan fingerprint density at radius 1 is 1.04 bits per heavy atom. The van der Waals surface area contributed by atoms with Crippen molar-refractivity contribution in [1.29, 1.82) is 0 Å². The predicted molar refractivity (Wildman–Crippen MR) is 101 cm³/mol. The zero-order chi connectivity index (χ0) is 18.6. The van der Waals surface area contributed by atoms with Gasteiger partial charge in [0.25, 0.3) is 0 Å². The van der Waals surface area contributed by atoms with Crippen molar-refractivity contribution in [3.05, 3.63) is 47.3 Å². The molecule has 0 spiro atoms. The highest BCUT2D eigenvalue weighted by molar-refractivity contribution is 5.16. The monoisotopic (exact) mass is 373 g/mol. The van der Waals surface area contributed by atoms with Gasteiger partial charge in [0, 0.05) is 39.1 Å². The van der Waals surface area contributed by atoms with Crippen molar-refractivity contribution < 1.29 is 9.13 Å². The number of rotatable bonds is 5. The third-order valence-electron chi connectivity index (χ3n) is 5.66. The van der Waals surface area contributed by atoms with Crippen molar-refractivity contribution in [1.82, 2.24) is 24.6 Å². The normalized spacial score (nSPS) is 22.2. The molecule has 3 heterocycles. The minimum absolute atomic E-state index is 0.179. The standard InChI is InChI=1S/C20H28FN5O/c1-24-19(15-25-9-11-27-12-10-25)22-23-20(24)17-3-2-8-26(14-17)13-16-4-6-18(21)7-5-16/h4-7,17H,2-3,8-15H2,1H3/t17-/m1/s1. The lowest BCUT2D eigenvalue weighted by molar-refractivity contribution is 0.0326. The zero-order valence-electron chi connectivity index (χ0n) is 16.0. The first-order chi connectivity index (χ1) is 13.2. The second kappa shape index (κ2) is 8.46. The fourth-order valence-corrected chi connectivity index (χ4v) is 4.09. The first-order valence-electron chi connectivity index (χ1n) is 9.84. The van der Waals surface area contributed by atoms with E-state index in [0.29, 0.717) is 5.92 Å². The number of aromatic nitrogens is 3. The van der Waals surface area contributed by atoms with Crippen LogP contribution >= 0.6 is 0 Å². The lowest BCUT2D eigenvalue weighted by Crippen LogP contribution is -2.36. The lowest BCUT2D eigenvalue weighted by Gasteiger charge is -2.32. The van der Waals surface area contributed by atoms with Gasteiger partial charge in [0.2, 0.25) is 0 Å². The van der Waals surface area contributed by atoms with Crippen LogP contribution < -0.4 is 0 Å². The maximum absolute atomic E-state index is 13.1. The van der Waals surface area contributed by atoms with Crippen molar-refractivity contribution in [2.75, 3.05) is 39.4 Å². The largest absolute Gasteiger partial charge is 0.379 e. The second-order valence-corrected chi connectivity index (χ2v) is 7.62. The molecule has 2 aromatic rings. The van der Waals surface area contributed by atoms with E-state index >= 15 is 0 Å². The van der Waals surface area contributed by atoms with Crippen LogP contribution in [0.15, 0.2) is 24.3 Å². The second-order valence-electron chi connectivity index (χ2n) is 7.62. The summed E-state index contributed by atoms with van der Waals surface area (Å²) in [6.45, 7) is 7.24. The summed E-state index contributed by atoms with van der Waals surface area (Å²) >= 11 is 0. The van der Waals surface area contributed by atoms with Crippen LogP contribution in [-0.2, 0) is 24.9 Å². The molecule has 1 aromatic carbocycles. The topological polar surface area (TPSA) is 46.4 Å². The number of ether oxygens (including phenoxy) is 1. The SMILES string of the molecule is Cn1c(CN2CCOCC2)nnc1[C@@H]1CCCN(Cc2ccc(F)cc2)C1. The number of morpholine rings is 1. The summed E-state index contributed by atoms with van der Waals surface area (Å²) in [5.41, 5.74) is 1.16. The summed E-state index contributed by atoms with van der Waals surface area (Å²) in [4.78, 5) is 4.82. The molecule has 0 unspecified atom stereocenters. The maximum Gasteiger partial charge on any atom is 0.146 e. The molecule has 7 heteroatoms. The van der Waals surface area contributed by atoms with Gasteiger partial charge in [-0.15, -0.1) is 10.2 Å². The average molecular weight is 373 g/mol. The van der Waals surface area contributed by atoms with E-state index in [1.165, 1.54) is 12.1 Å². The molecule has 0 bridgehead atoms. The first-order valence-corrected chi connectivity index (χ1v) is 9.84. The summed E-state index contributed by atoms with van der Waals surface area (Å²) in [7, 11) is 2.09. The molecule has 2 fully saturated rings. The number of hydrogen-bond donors (Lipinski definition) is 0. The Balaban J connectivity index is 1.39. The van der Waals surface area contributed by atoms with Gasteiger partial charge in [-0.25, -0.2) is 4.39 Å². The van der Waals surface area contributed by atoms with Crippen molar-refractivity contribution in [3.8, 4) is 0 Å². The molecule has 27 heavy (non-hydrogen) atoms. The Bertz CT molecular complexity index is 741. The molecule has 146 valence electrons. The van der Waals surface area contributed by atoms with Gasteiger partial charge in [-0.2, -0.15) is 0 Å². The van der Waals surface area contributed by atoms with Crippen LogP contribution in [-0.4, -0.2) is 64.0 Å². The van der Waals surface area contributed by atoms with Gasteiger partial charge in [-0.1, -0.05) is 12.1 Å². The summed E-state index contributed by atoms with van der Waals surface area (Å²) in [5.74, 6) is 2.34. The molecule has 2 aliphatic heterocycles. The quantitative estimate of drug-likeness (QED) is 0.804. The molecule has 0 saturated carbocycles. The summed E-state index contributed by atoms with van der Waals surface area (Å²) in [6, 6.07) is 6.83. The van der Waals surface area contributed by atoms with Gasteiger partial charge >= 0.3 is 0 Å². The van der Waals surface area contributed by atoms with Crippen molar-refractivity contribution >= 4 is 0 Å². The fourth-order valence-electron chi connectivity index (χ4n) is 4.09. The van der Waals surface area contributed by atoms with Crippen LogP contribution in [0.5, 0.6) is 0 Å². The van der Waals surface area contributed by atoms with E-state index in [0.717, 1.165) is 82.5 Å². The number of piperidine rings is 1. The van der Waals surface area contributed by atoms with E-state index in [4.69, 9.17) is 4.74 Å². The summed E-state index contributed by atoms with van der Waals surface area (Å²) < 4.78 is 20.7. The van der Waals surface area contributed by atoms with Crippen LogP contribution in [0.3, 0.4) is 0 Å². The molecule has 1 atom stereocenters. The fraction of sp³-hybridized carbons (Fsp3) is 0.600. The van der Waals surface area contributed by atoms with Crippen LogP contribution in [0.25, 0.3) is 0 Å². The van der Waals surface area contributed by atoms with Crippen LogP contribution in [0.1, 0.15) is 36.0 Å². The Hall–Kier alpha value is -1.83. The van der Waals surface area contributed by atoms with E-state index in [2.05, 4.69) is 31.6 Å². The summed E-state index contributed by atoms with van der Waals surface area (Å²) in [5, 5.41) is 9.01. The molecule has 4 rings (SSSR count).